The summed E-state index contributed by atoms with van der Waals surface area (Å²) in [7, 11) is 3.56. The van der Waals surface area contributed by atoms with Crippen molar-refractivity contribution in [1.82, 2.24) is 9.97 Å². The van der Waals surface area contributed by atoms with Gasteiger partial charge in [-0.25, -0.2) is 9.97 Å². The second-order valence-corrected chi connectivity index (χ2v) is 4.55. The minimum absolute atomic E-state index is 0.322. The number of halogens is 3. The van der Waals surface area contributed by atoms with Crippen molar-refractivity contribution >= 4 is 23.0 Å². The van der Waals surface area contributed by atoms with Gasteiger partial charge in [-0.2, -0.15) is 13.2 Å². The van der Waals surface area contributed by atoms with Gasteiger partial charge in [0.15, 0.2) is 11.6 Å². The number of hydrogen-bond acceptors (Lipinski definition) is 5. The number of alkyl halides is 3. The lowest BCUT2D eigenvalue weighted by atomic mass is 10.2. The molecular formula is C13H14F3N5. The summed E-state index contributed by atoms with van der Waals surface area (Å²) < 4.78 is 37.5. The molecule has 0 aliphatic carbocycles. The molecule has 0 unspecified atom stereocenters. The van der Waals surface area contributed by atoms with Crippen molar-refractivity contribution in [1.29, 1.82) is 0 Å². The summed E-state index contributed by atoms with van der Waals surface area (Å²) in [5.41, 5.74) is 5.99. The highest BCUT2D eigenvalue weighted by Gasteiger charge is 2.29. The molecule has 21 heavy (non-hydrogen) atoms. The molecule has 0 spiro atoms. The van der Waals surface area contributed by atoms with Crippen LogP contribution in [0.5, 0.6) is 0 Å². The number of hydrogen-bond donors (Lipinski definition) is 2. The molecule has 0 atom stereocenters. The summed E-state index contributed by atoms with van der Waals surface area (Å²) in [5.74, 6) is 0.868. The van der Waals surface area contributed by atoms with Crippen LogP contribution in [0.25, 0.3) is 0 Å². The van der Waals surface area contributed by atoms with Gasteiger partial charge < -0.3 is 16.0 Å². The summed E-state index contributed by atoms with van der Waals surface area (Å²) >= 11 is 0. The van der Waals surface area contributed by atoms with Crippen LogP contribution in [0.15, 0.2) is 30.6 Å². The Morgan fingerprint density at radius 2 is 1.71 bits per heavy atom. The lowest BCUT2D eigenvalue weighted by molar-refractivity contribution is -0.137. The number of aromatic nitrogens is 2. The quantitative estimate of drug-likeness (QED) is 0.912. The highest BCUT2D eigenvalue weighted by atomic mass is 19.4. The van der Waals surface area contributed by atoms with Gasteiger partial charge in [-0.15, -0.1) is 0 Å². The third kappa shape index (κ3) is 3.33. The smallest absolute Gasteiger partial charge is 0.393 e. The first-order valence-corrected chi connectivity index (χ1v) is 6.01. The Kier molecular flexibility index (Phi) is 3.88. The molecule has 0 aliphatic rings. The van der Waals surface area contributed by atoms with Crippen LogP contribution in [0.4, 0.5) is 36.2 Å². The molecule has 0 amide bonds. The van der Waals surface area contributed by atoms with Crippen molar-refractivity contribution in [2.45, 2.75) is 6.18 Å². The van der Waals surface area contributed by atoms with Crippen LogP contribution in [0.2, 0.25) is 0 Å². The van der Waals surface area contributed by atoms with Crippen molar-refractivity contribution in [3.05, 3.63) is 36.2 Å². The molecule has 3 N–H and O–H groups in total. The summed E-state index contributed by atoms with van der Waals surface area (Å²) in [6, 6.07) is 4.62. The number of benzene rings is 1. The molecule has 0 bridgehead atoms. The molecule has 2 aromatic rings. The van der Waals surface area contributed by atoms with E-state index in [1.165, 1.54) is 18.5 Å². The second-order valence-electron chi connectivity index (χ2n) is 4.55. The van der Waals surface area contributed by atoms with Crippen molar-refractivity contribution in [3.63, 3.8) is 0 Å². The number of nitrogen functional groups attached to an aromatic ring is 1. The Labute approximate surface area is 119 Å². The van der Waals surface area contributed by atoms with E-state index in [1.807, 2.05) is 0 Å². The molecule has 1 heterocycles. The van der Waals surface area contributed by atoms with Gasteiger partial charge in [0, 0.05) is 19.8 Å². The monoisotopic (exact) mass is 297 g/mol. The molecule has 0 saturated heterocycles. The normalized spacial score (nSPS) is 11.3. The lowest BCUT2D eigenvalue weighted by Crippen LogP contribution is -2.14. The average molecular weight is 297 g/mol. The van der Waals surface area contributed by atoms with E-state index < -0.39 is 11.7 Å². The first kappa shape index (κ1) is 14.9. The molecule has 1 aromatic heterocycles. The Morgan fingerprint density at radius 3 is 2.24 bits per heavy atom. The summed E-state index contributed by atoms with van der Waals surface area (Å²) in [4.78, 5) is 9.74. The van der Waals surface area contributed by atoms with Crippen molar-refractivity contribution < 1.29 is 13.2 Å². The van der Waals surface area contributed by atoms with Gasteiger partial charge >= 0.3 is 6.18 Å². The zero-order valence-corrected chi connectivity index (χ0v) is 11.4. The fourth-order valence-corrected chi connectivity index (χ4v) is 1.72. The maximum absolute atomic E-state index is 12.5. The first-order valence-electron chi connectivity index (χ1n) is 6.01. The molecule has 0 aliphatic heterocycles. The number of nitrogens with one attached hydrogen (secondary N) is 1. The topological polar surface area (TPSA) is 67.1 Å². The van der Waals surface area contributed by atoms with Gasteiger partial charge in [-0.1, -0.05) is 0 Å². The van der Waals surface area contributed by atoms with Crippen LogP contribution in [-0.4, -0.2) is 24.1 Å². The van der Waals surface area contributed by atoms with Crippen LogP contribution in [0, 0.1) is 0 Å². The molecule has 0 fully saturated rings. The third-order valence-corrected chi connectivity index (χ3v) is 2.76. The molecule has 0 radical (unpaired) electrons. The Hall–Kier alpha value is -2.51. The summed E-state index contributed by atoms with van der Waals surface area (Å²) in [6.45, 7) is 0. The summed E-state index contributed by atoms with van der Waals surface area (Å²) in [5, 5.41) is 2.88. The Balaban J connectivity index is 2.25. The molecular weight excluding hydrogens is 283 g/mol. The lowest BCUT2D eigenvalue weighted by Gasteiger charge is -2.16. The van der Waals surface area contributed by atoms with Crippen LogP contribution in [0.1, 0.15) is 5.56 Å². The largest absolute Gasteiger partial charge is 0.416 e. The molecule has 112 valence electrons. The van der Waals surface area contributed by atoms with Gasteiger partial charge in [-0.3, -0.25) is 0 Å². The molecule has 5 nitrogen and oxygen atoms in total. The van der Waals surface area contributed by atoms with E-state index in [2.05, 4.69) is 15.3 Å². The predicted octanol–water partition coefficient (Wildman–Crippen LogP) is 2.89. The maximum atomic E-state index is 12.5. The minimum atomic E-state index is -4.36. The van der Waals surface area contributed by atoms with Gasteiger partial charge in [0.2, 0.25) is 0 Å². The number of nitrogens with zero attached hydrogens (tertiary/aromatic N) is 3. The van der Waals surface area contributed by atoms with Crippen LogP contribution in [-0.2, 0) is 6.18 Å². The SMILES string of the molecule is CN(C)c1ncnc(Nc2ccc(C(F)(F)F)cc2)c1N. The molecule has 0 saturated carbocycles. The van der Waals surface area contributed by atoms with Crippen molar-refractivity contribution in [3.8, 4) is 0 Å². The predicted molar refractivity (Wildman–Crippen MR) is 75.5 cm³/mol. The fraction of sp³-hybridized carbons (Fsp3) is 0.231. The van der Waals surface area contributed by atoms with Crippen molar-refractivity contribution in [2.24, 2.45) is 0 Å². The van der Waals surface area contributed by atoms with Crippen LogP contribution < -0.4 is 16.0 Å². The van der Waals surface area contributed by atoms with Gasteiger partial charge in [0.25, 0.3) is 0 Å². The number of nitrogens with two attached hydrogens (primary N) is 1. The molecule has 2 rings (SSSR count). The summed E-state index contributed by atoms with van der Waals surface area (Å²) in [6.07, 6.45) is -3.03. The van der Waals surface area contributed by atoms with E-state index >= 15 is 0 Å². The van der Waals surface area contributed by atoms with E-state index in [-0.39, 0.29) is 0 Å². The van der Waals surface area contributed by atoms with Crippen molar-refractivity contribution in [2.75, 3.05) is 30.0 Å². The number of anilines is 4. The molecule has 8 heteroatoms. The fourth-order valence-electron chi connectivity index (χ4n) is 1.72. The highest BCUT2D eigenvalue weighted by Crippen LogP contribution is 2.31. The van der Waals surface area contributed by atoms with E-state index in [0.29, 0.717) is 23.0 Å². The zero-order valence-electron chi connectivity index (χ0n) is 11.4. The average Bonchev–Trinajstić information content (AvgIpc) is 2.40. The Bertz CT molecular complexity index is 623. The van der Waals surface area contributed by atoms with Crippen LogP contribution >= 0.6 is 0 Å². The van der Waals surface area contributed by atoms with Gasteiger partial charge in [0.05, 0.1) is 5.56 Å². The van der Waals surface area contributed by atoms with E-state index in [4.69, 9.17) is 5.73 Å². The Morgan fingerprint density at radius 1 is 1.10 bits per heavy atom. The molecule has 1 aromatic carbocycles. The number of rotatable bonds is 3. The van der Waals surface area contributed by atoms with E-state index in [9.17, 15) is 13.2 Å². The van der Waals surface area contributed by atoms with E-state index in [1.54, 1.807) is 19.0 Å². The van der Waals surface area contributed by atoms with Gasteiger partial charge in [-0.05, 0) is 24.3 Å². The second kappa shape index (κ2) is 5.47. The highest BCUT2D eigenvalue weighted by molar-refractivity contribution is 5.77. The van der Waals surface area contributed by atoms with E-state index in [0.717, 1.165) is 12.1 Å². The van der Waals surface area contributed by atoms with Crippen LogP contribution in [0.3, 0.4) is 0 Å². The zero-order chi connectivity index (χ0) is 15.6. The standard InChI is InChI=1S/C13H14F3N5/c1-21(2)12-10(17)11(18-7-19-12)20-9-5-3-8(4-6-9)13(14,15)16/h3-7H,17H2,1-2H3,(H,18,19,20). The third-order valence-electron chi connectivity index (χ3n) is 2.76. The van der Waals surface area contributed by atoms with Gasteiger partial charge in [0.1, 0.15) is 12.0 Å². The maximum Gasteiger partial charge on any atom is 0.416 e. The first-order chi connectivity index (χ1) is 9.79. The minimum Gasteiger partial charge on any atom is -0.393 e.